The topological polar surface area (TPSA) is 72.2 Å². The number of non-ortho nitro benzene ring substituents is 1. The van der Waals surface area contributed by atoms with Crippen molar-refractivity contribution >= 4 is 11.6 Å². The highest BCUT2D eigenvalue weighted by Gasteiger charge is 2.11. The van der Waals surface area contributed by atoms with Crippen LogP contribution in [0, 0.1) is 10.1 Å². The van der Waals surface area contributed by atoms with Gasteiger partial charge < -0.3 is 5.32 Å². The zero-order chi connectivity index (χ0) is 11.4. The molecule has 0 bridgehead atoms. The predicted molar refractivity (Wildman–Crippen MR) is 55.3 cm³/mol. The van der Waals surface area contributed by atoms with Gasteiger partial charge in [-0.2, -0.15) is 0 Å². The maximum Gasteiger partial charge on any atom is 0.269 e. The first-order valence-corrected chi connectivity index (χ1v) is 4.52. The van der Waals surface area contributed by atoms with E-state index in [0.29, 0.717) is 0 Å². The Balaban J connectivity index is 2.89. The number of hydrogen-bond acceptors (Lipinski definition) is 3. The van der Waals surface area contributed by atoms with Crippen LogP contribution in [0.5, 0.6) is 0 Å². The Kier molecular flexibility index (Phi) is 3.38. The molecule has 80 valence electrons. The zero-order valence-electron chi connectivity index (χ0n) is 8.56. The van der Waals surface area contributed by atoms with E-state index in [4.69, 9.17) is 0 Å². The number of benzene rings is 1. The third kappa shape index (κ3) is 3.05. The maximum atomic E-state index is 10.8. The monoisotopic (exact) mass is 208 g/mol. The molecule has 0 unspecified atom stereocenters. The molecule has 0 fully saturated rings. The molecule has 5 heteroatoms. The molecule has 5 nitrogen and oxygen atoms in total. The fraction of sp³-hybridized carbons (Fsp3) is 0.300. The van der Waals surface area contributed by atoms with Crippen LogP contribution >= 0.6 is 0 Å². The molecule has 0 aliphatic heterocycles. The van der Waals surface area contributed by atoms with Crippen LogP contribution in [0.4, 0.5) is 5.69 Å². The quantitative estimate of drug-likeness (QED) is 0.608. The molecule has 0 radical (unpaired) electrons. The average Bonchev–Trinajstić information content (AvgIpc) is 2.17. The Morgan fingerprint density at radius 2 is 2.20 bits per heavy atom. The standard InChI is InChI=1S/C10H12N2O3/c1-7(11-8(2)13)9-4-3-5-10(6-9)12(14)15/h3-7H,1-2H3,(H,11,13)/t7-/m0/s1. The molecule has 15 heavy (non-hydrogen) atoms. The van der Waals surface area contributed by atoms with Gasteiger partial charge in [0.05, 0.1) is 11.0 Å². The van der Waals surface area contributed by atoms with Gasteiger partial charge in [0, 0.05) is 19.1 Å². The van der Waals surface area contributed by atoms with Crippen LogP contribution in [-0.2, 0) is 4.79 Å². The first-order valence-electron chi connectivity index (χ1n) is 4.52. The lowest BCUT2D eigenvalue weighted by Crippen LogP contribution is -2.23. The van der Waals surface area contributed by atoms with E-state index in [2.05, 4.69) is 5.32 Å². The molecule has 1 aromatic rings. The van der Waals surface area contributed by atoms with Crippen LogP contribution in [0.1, 0.15) is 25.5 Å². The van der Waals surface area contributed by atoms with E-state index in [9.17, 15) is 14.9 Å². The van der Waals surface area contributed by atoms with Gasteiger partial charge in [-0.05, 0) is 12.5 Å². The Morgan fingerprint density at radius 1 is 1.53 bits per heavy atom. The molecule has 1 amide bonds. The molecule has 1 N–H and O–H groups in total. The van der Waals surface area contributed by atoms with Crippen molar-refractivity contribution in [2.45, 2.75) is 19.9 Å². The number of nitro benzene ring substituents is 1. The molecule has 0 saturated carbocycles. The highest BCUT2D eigenvalue weighted by Crippen LogP contribution is 2.18. The third-order valence-electron chi connectivity index (χ3n) is 2.00. The van der Waals surface area contributed by atoms with Crippen LogP contribution in [0.2, 0.25) is 0 Å². The van der Waals surface area contributed by atoms with E-state index in [-0.39, 0.29) is 17.6 Å². The predicted octanol–water partition coefficient (Wildman–Crippen LogP) is 1.79. The molecule has 0 heterocycles. The lowest BCUT2D eigenvalue weighted by atomic mass is 10.1. The van der Waals surface area contributed by atoms with Gasteiger partial charge in [-0.1, -0.05) is 12.1 Å². The van der Waals surface area contributed by atoms with E-state index in [1.165, 1.54) is 19.1 Å². The van der Waals surface area contributed by atoms with Gasteiger partial charge in [-0.15, -0.1) is 0 Å². The van der Waals surface area contributed by atoms with Crippen molar-refractivity contribution in [3.8, 4) is 0 Å². The minimum Gasteiger partial charge on any atom is -0.350 e. The van der Waals surface area contributed by atoms with Crippen molar-refractivity contribution in [1.82, 2.24) is 5.32 Å². The number of nitrogens with zero attached hydrogens (tertiary/aromatic N) is 1. The summed E-state index contributed by atoms with van der Waals surface area (Å²) in [5, 5.41) is 13.2. The van der Waals surface area contributed by atoms with Crippen molar-refractivity contribution in [1.29, 1.82) is 0 Å². The molecule has 0 spiro atoms. The highest BCUT2D eigenvalue weighted by atomic mass is 16.6. The minimum absolute atomic E-state index is 0.0321. The molecule has 1 atom stereocenters. The minimum atomic E-state index is -0.454. The summed E-state index contributed by atoms with van der Waals surface area (Å²) in [6, 6.07) is 6.01. The molecular formula is C10H12N2O3. The van der Waals surface area contributed by atoms with E-state index >= 15 is 0 Å². The van der Waals surface area contributed by atoms with E-state index in [1.54, 1.807) is 19.1 Å². The Labute approximate surface area is 87.3 Å². The first kappa shape index (κ1) is 11.2. The maximum absolute atomic E-state index is 10.8. The van der Waals surface area contributed by atoms with Crippen molar-refractivity contribution in [2.24, 2.45) is 0 Å². The van der Waals surface area contributed by atoms with Gasteiger partial charge in [0.25, 0.3) is 5.69 Å². The fourth-order valence-corrected chi connectivity index (χ4v) is 1.30. The summed E-state index contributed by atoms with van der Waals surface area (Å²) in [4.78, 5) is 20.9. The van der Waals surface area contributed by atoms with E-state index in [0.717, 1.165) is 5.56 Å². The first-order chi connectivity index (χ1) is 7.00. The van der Waals surface area contributed by atoms with Crippen molar-refractivity contribution in [3.05, 3.63) is 39.9 Å². The van der Waals surface area contributed by atoms with Gasteiger partial charge in [-0.3, -0.25) is 14.9 Å². The molecular weight excluding hydrogens is 196 g/mol. The molecule has 1 aromatic carbocycles. The normalized spacial score (nSPS) is 11.9. The Hall–Kier alpha value is -1.91. The number of nitrogens with one attached hydrogen (secondary N) is 1. The van der Waals surface area contributed by atoms with E-state index < -0.39 is 4.92 Å². The van der Waals surface area contributed by atoms with Gasteiger partial charge >= 0.3 is 0 Å². The van der Waals surface area contributed by atoms with Gasteiger partial charge in [0.15, 0.2) is 0 Å². The van der Waals surface area contributed by atoms with E-state index in [1.807, 2.05) is 0 Å². The Morgan fingerprint density at radius 3 is 2.73 bits per heavy atom. The average molecular weight is 208 g/mol. The van der Waals surface area contributed by atoms with Crippen molar-refractivity contribution < 1.29 is 9.72 Å². The van der Waals surface area contributed by atoms with Gasteiger partial charge in [0.2, 0.25) is 5.91 Å². The molecule has 0 saturated heterocycles. The zero-order valence-corrected chi connectivity index (χ0v) is 8.56. The second-order valence-corrected chi connectivity index (χ2v) is 3.27. The lowest BCUT2D eigenvalue weighted by Gasteiger charge is -2.12. The number of rotatable bonds is 3. The molecule has 0 aliphatic carbocycles. The summed E-state index contributed by atoms with van der Waals surface area (Å²) < 4.78 is 0. The van der Waals surface area contributed by atoms with Crippen molar-refractivity contribution in [2.75, 3.05) is 0 Å². The highest BCUT2D eigenvalue weighted by molar-refractivity contribution is 5.73. The smallest absolute Gasteiger partial charge is 0.269 e. The summed E-state index contributed by atoms with van der Waals surface area (Å²) in [6.07, 6.45) is 0. The van der Waals surface area contributed by atoms with Crippen LogP contribution in [0.25, 0.3) is 0 Å². The summed E-state index contributed by atoms with van der Waals surface area (Å²) >= 11 is 0. The van der Waals surface area contributed by atoms with Gasteiger partial charge in [-0.25, -0.2) is 0 Å². The fourth-order valence-electron chi connectivity index (χ4n) is 1.30. The third-order valence-corrected chi connectivity index (χ3v) is 2.00. The molecule has 0 aliphatic rings. The van der Waals surface area contributed by atoms with Crippen LogP contribution in [-0.4, -0.2) is 10.8 Å². The molecule has 0 aromatic heterocycles. The van der Waals surface area contributed by atoms with Crippen LogP contribution < -0.4 is 5.32 Å². The lowest BCUT2D eigenvalue weighted by molar-refractivity contribution is -0.384. The number of carbonyl (C=O) groups excluding carboxylic acids is 1. The summed E-state index contributed by atoms with van der Waals surface area (Å²) in [5.41, 5.74) is 0.754. The summed E-state index contributed by atoms with van der Waals surface area (Å²) in [6.45, 7) is 3.19. The van der Waals surface area contributed by atoms with Crippen LogP contribution in [0.3, 0.4) is 0 Å². The number of carbonyl (C=O) groups is 1. The number of hydrogen-bond donors (Lipinski definition) is 1. The summed E-state index contributed by atoms with van der Waals surface area (Å²) in [5.74, 6) is -0.158. The SMILES string of the molecule is CC(=O)N[C@@H](C)c1cccc([N+](=O)[O-])c1. The second-order valence-electron chi connectivity index (χ2n) is 3.27. The largest absolute Gasteiger partial charge is 0.350 e. The van der Waals surface area contributed by atoms with Gasteiger partial charge in [0.1, 0.15) is 0 Å². The second kappa shape index (κ2) is 4.54. The number of amides is 1. The number of nitro groups is 1. The van der Waals surface area contributed by atoms with Crippen molar-refractivity contribution in [3.63, 3.8) is 0 Å². The van der Waals surface area contributed by atoms with Crippen LogP contribution in [0.15, 0.2) is 24.3 Å². The Bertz CT molecular complexity index is 390. The molecule has 1 rings (SSSR count). The summed E-state index contributed by atoms with van der Waals surface area (Å²) in [7, 11) is 0.